The number of fused-ring (bicyclic) bond motifs is 1. The molecule has 0 saturated carbocycles. The zero-order valence-electron chi connectivity index (χ0n) is 7.98. The Kier molecular flexibility index (Phi) is 2.55. The van der Waals surface area contributed by atoms with Crippen LogP contribution in [-0.2, 0) is 4.74 Å². The number of aromatic nitrogens is 3. The minimum Gasteiger partial charge on any atom is -0.462 e. The molecule has 0 fully saturated rings. The summed E-state index contributed by atoms with van der Waals surface area (Å²) in [6.45, 7) is 2.08. The van der Waals surface area contributed by atoms with Crippen molar-refractivity contribution >= 4 is 23.2 Å². The Labute approximate surface area is 90.6 Å². The minimum atomic E-state index is -0.411. The average molecular weight is 226 g/mol. The number of hydrogen-bond acceptors (Lipinski definition) is 4. The van der Waals surface area contributed by atoms with Crippen molar-refractivity contribution in [3.05, 3.63) is 29.2 Å². The van der Waals surface area contributed by atoms with Crippen LogP contribution in [0, 0.1) is 0 Å². The Morgan fingerprint density at radius 3 is 3.20 bits per heavy atom. The van der Waals surface area contributed by atoms with E-state index < -0.39 is 5.97 Å². The summed E-state index contributed by atoms with van der Waals surface area (Å²) in [6.07, 6.45) is 2.98. The Morgan fingerprint density at radius 1 is 1.67 bits per heavy atom. The molecular weight excluding hydrogens is 218 g/mol. The first-order chi connectivity index (χ1) is 7.20. The third-order valence-corrected chi connectivity index (χ3v) is 1.98. The van der Waals surface area contributed by atoms with Crippen molar-refractivity contribution in [2.75, 3.05) is 6.61 Å². The van der Waals surface area contributed by atoms with Crippen molar-refractivity contribution in [3.63, 3.8) is 0 Å². The van der Waals surface area contributed by atoms with E-state index in [9.17, 15) is 4.79 Å². The Morgan fingerprint density at radius 2 is 2.47 bits per heavy atom. The molecule has 5 nitrogen and oxygen atoms in total. The van der Waals surface area contributed by atoms with E-state index in [2.05, 4.69) is 10.1 Å². The number of carbonyl (C=O) groups excluding carboxylic acids is 1. The number of nitrogens with zero attached hydrogens (tertiary/aromatic N) is 3. The van der Waals surface area contributed by atoms with Gasteiger partial charge in [0.15, 0.2) is 5.65 Å². The second kappa shape index (κ2) is 3.86. The van der Waals surface area contributed by atoms with Crippen LogP contribution < -0.4 is 0 Å². The molecule has 15 heavy (non-hydrogen) atoms. The quantitative estimate of drug-likeness (QED) is 0.728. The van der Waals surface area contributed by atoms with Crippen molar-refractivity contribution in [2.24, 2.45) is 0 Å². The molecule has 0 aliphatic carbocycles. The highest BCUT2D eigenvalue weighted by molar-refractivity contribution is 6.29. The van der Waals surface area contributed by atoms with E-state index >= 15 is 0 Å². The monoisotopic (exact) mass is 225 g/mol. The molecule has 0 atom stereocenters. The first kappa shape index (κ1) is 9.92. The van der Waals surface area contributed by atoms with Crippen LogP contribution in [-0.4, -0.2) is 27.2 Å². The van der Waals surface area contributed by atoms with Gasteiger partial charge >= 0.3 is 5.97 Å². The van der Waals surface area contributed by atoms with Crippen molar-refractivity contribution in [1.29, 1.82) is 0 Å². The van der Waals surface area contributed by atoms with Gasteiger partial charge < -0.3 is 4.74 Å². The van der Waals surface area contributed by atoms with E-state index in [0.717, 1.165) is 0 Å². The zero-order valence-corrected chi connectivity index (χ0v) is 8.73. The Bertz CT molecular complexity index is 509. The maximum Gasteiger partial charge on any atom is 0.339 e. The highest BCUT2D eigenvalue weighted by Gasteiger charge is 2.09. The first-order valence-corrected chi connectivity index (χ1v) is 4.76. The fourth-order valence-electron chi connectivity index (χ4n) is 1.17. The molecule has 2 heterocycles. The van der Waals surface area contributed by atoms with Gasteiger partial charge in [-0.3, -0.25) is 0 Å². The lowest BCUT2D eigenvalue weighted by Gasteiger charge is -2.00. The number of halogens is 1. The Balaban J connectivity index is 2.41. The van der Waals surface area contributed by atoms with E-state index in [4.69, 9.17) is 16.3 Å². The van der Waals surface area contributed by atoms with Crippen molar-refractivity contribution in [2.45, 2.75) is 6.92 Å². The van der Waals surface area contributed by atoms with Gasteiger partial charge in [0.2, 0.25) is 0 Å². The fraction of sp³-hybridized carbons (Fsp3) is 0.222. The van der Waals surface area contributed by atoms with Crippen molar-refractivity contribution in [3.8, 4) is 0 Å². The third kappa shape index (κ3) is 1.92. The van der Waals surface area contributed by atoms with E-state index in [0.29, 0.717) is 23.0 Å². The third-order valence-electron chi connectivity index (χ3n) is 1.80. The summed E-state index contributed by atoms with van der Waals surface area (Å²) >= 11 is 5.69. The molecule has 0 amide bonds. The number of ether oxygens (including phenoxy) is 1. The molecule has 6 heteroatoms. The molecule has 0 unspecified atom stereocenters. The second-order valence-electron chi connectivity index (χ2n) is 2.83. The maximum absolute atomic E-state index is 11.4. The van der Waals surface area contributed by atoms with Crippen LogP contribution in [0.3, 0.4) is 0 Å². The van der Waals surface area contributed by atoms with Gasteiger partial charge in [-0.1, -0.05) is 11.6 Å². The lowest BCUT2D eigenvalue weighted by Crippen LogP contribution is -2.06. The largest absolute Gasteiger partial charge is 0.462 e. The lowest BCUT2D eigenvalue weighted by atomic mass is 10.3. The van der Waals surface area contributed by atoms with E-state index in [1.54, 1.807) is 19.2 Å². The summed E-state index contributed by atoms with van der Waals surface area (Å²) in [4.78, 5) is 15.3. The van der Waals surface area contributed by atoms with Gasteiger partial charge in [-0.2, -0.15) is 5.10 Å². The molecule has 0 aromatic carbocycles. The van der Waals surface area contributed by atoms with E-state index in [1.165, 1.54) is 10.7 Å². The highest BCUT2D eigenvalue weighted by atomic mass is 35.5. The van der Waals surface area contributed by atoms with Gasteiger partial charge in [-0.15, -0.1) is 0 Å². The molecule has 0 N–H and O–H groups in total. The minimum absolute atomic E-state index is 0.333. The molecule has 0 spiro atoms. The van der Waals surface area contributed by atoms with Gasteiger partial charge in [0.1, 0.15) is 5.15 Å². The van der Waals surface area contributed by atoms with Crippen LogP contribution in [0.25, 0.3) is 5.65 Å². The van der Waals surface area contributed by atoms with Crippen LogP contribution in [0.15, 0.2) is 18.5 Å². The molecular formula is C9H8ClN3O2. The molecule has 0 aliphatic rings. The number of hydrogen-bond donors (Lipinski definition) is 0. The van der Waals surface area contributed by atoms with Gasteiger partial charge in [0.05, 0.1) is 24.6 Å². The summed E-state index contributed by atoms with van der Waals surface area (Å²) in [5.41, 5.74) is 0.886. The predicted molar refractivity (Wildman–Crippen MR) is 54.0 cm³/mol. The van der Waals surface area contributed by atoms with E-state index in [-0.39, 0.29) is 0 Å². The highest BCUT2D eigenvalue weighted by Crippen LogP contribution is 2.10. The topological polar surface area (TPSA) is 56.5 Å². The smallest absolute Gasteiger partial charge is 0.339 e. The standard InChI is InChI=1S/C9H8ClN3O2/c1-2-15-9(14)6-3-8-12-7(10)5-13(8)11-4-6/h3-5H,2H2,1H3. The SMILES string of the molecule is CCOC(=O)c1cnn2cc(Cl)nc2c1. The molecule has 78 valence electrons. The van der Waals surface area contributed by atoms with Crippen LogP contribution >= 0.6 is 11.6 Å². The van der Waals surface area contributed by atoms with E-state index in [1.807, 2.05) is 0 Å². The lowest BCUT2D eigenvalue weighted by molar-refractivity contribution is 0.0525. The molecule has 2 aromatic heterocycles. The summed E-state index contributed by atoms with van der Waals surface area (Å²) in [6, 6.07) is 1.58. The number of imidazole rings is 1. The van der Waals surface area contributed by atoms with Gasteiger partial charge in [-0.05, 0) is 13.0 Å². The summed E-state index contributed by atoms with van der Waals surface area (Å²) in [5, 5.41) is 4.31. The first-order valence-electron chi connectivity index (χ1n) is 4.38. The molecule has 0 radical (unpaired) electrons. The fourth-order valence-corrected chi connectivity index (χ4v) is 1.35. The average Bonchev–Trinajstić information content (AvgIpc) is 2.57. The molecule has 0 aliphatic heterocycles. The molecule has 0 bridgehead atoms. The normalized spacial score (nSPS) is 10.5. The van der Waals surface area contributed by atoms with Crippen molar-refractivity contribution in [1.82, 2.24) is 14.6 Å². The second-order valence-corrected chi connectivity index (χ2v) is 3.22. The predicted octanol–water partition coefficient (Wildman–Crippen LogP) is 1.56. The van der Waals surface area contributed by atoms with Crippen LogP contribution in [0.2, 0.25) is 5.15 Å². The van der Waals surface area contributed by atoms with Crippen LogP contribution in [0.4, 0.5) is 0 Å². The Hall–Kier alpha value is -1.62. The maximum atomic E-state index is 11.4. The van der Waals surface area contributed by atoms with Crippen LogP contribution in [0.5, 0.6) is 0 Å². The summed E-state index contributed by atoms with van der Waals surface area (Å²) in [5.74, 6) is -0.411. The molecule has 2 aromatic rings. The van der Waals surface area contributed by atoms with Gasteiger partial charge in [0, 0.05) is 0 Å². The summed E-state index contributed by atoms with van der Waals surface area (Å²) < 4.78 is 6.33. The number of esters is 1. The van der Waals surface area contributed by atoms with Gasteiger partial charge in [0.25, 0.3) is 0 Å². The molecule has 0 saturated heterocycles. The van der Waals surface area contributed by atoms with Crippen LogP contribution in [0.1, 0.15) is 17.3 Å². The molecule has 2 rings (SSSR count). The zero-order chi connectivity index (χ0) is 10.8. The van der Waals surface area contributed by atoms with Crippen molar-refractivity contribution < 1.29 is 9.53 Å². The summed E-state index contributed by atoms with van der Waals surface area (Å²) in [7, 11) is 0. The number of carbonyl (C=O) groups is 1. The number of rotatable bonds is 2. The van der Waals surface area contributed by atoms with Gasteiger partial charge in [-0.25, -0.2) is 14.3 Å².